The van der Waals surface area contributed by atoms with Crippen LogP contribution in [0.5, 0.6) is 23.0 Å². The molecule has 0 aliphatic heterocycles. The van der Waals surface area contributed by atoms with E-state index in [4.69, 9.17) is 21.0 Å². The second-order valence-electron chi connectivity index (χ2n) is 16.3. The van der Waals surface area contributed by atoms with Crippen LogP contribution in [0.3, 0.4) is 0 Å². The van der Waals surface area contributed by atoms with E-state index >= 15 is 0 Å². The lowest BCUT2D eigenvalue weighted by Gasteiger charge is -2.15. The van der Waals surface area contributed by atoms with Gasteiger partial charge in [-0.2, -0.15) is 47.2 Å². The molecule has 0 aliphatic carbocycles. The molecule has 0 atom stereocenters. The van der Waals surface area contributed by atoms with Crippen molar-refractivity contribution < 1.29 is 114 Å². The van der Waals surface area contributed by atoms with Crippen LogP contribution >= 0.6 is 24.1 Å². The van der Waals surface area contributed by atoms with Crippen molar-refractivity contribution >= 4 is 158 Å². The molecule has 0 spiro atoms. The fourth-order valence-electron chi connectivity index (χ4n) is 7.73. The number of azo groups is 4. The molecule has 0 fully saturated rings. The maximum absolute atomic E-state index is 13.1. The lowest BCUT2D eigenvalue weighted by Crippen LogP contribution is -2.04. The number of anilines is 1. The number of fused-ring (bicyclic) bond motifs is 3. The minimum atomic E-state index is -5.58. The number of rotatable bonds is 20. The van der Waals surface area contributed by atoms with E-state index in [1.165, 1.54) is 37.4 Å². The molecule has 8 aromatic rings. The normalized spacial score (nSPS) is 13.0. The van der Waals surface area contributed by atoms with Crippen molar-refractivity contribution in [2.45, 2.75) is 34.3 Å². The molecule has 0 aromatic heterocycles. The van der Waals surface area contributed by atoms with E-state index in [1.54, 1.807) is 0 Å². The summed E-state index contributed by atoms with van der Waals surface area (Å²) in [5.74, 6) is -3.27. The molecule has 0 radical (unpaired) electrons. The minimum Gasteiger partial charge on any atom is -0.505 e. The molecule has 41 heteroatoms. The minimum absolute atomic E-state index is 0.00000224. The Bertz CT molecular complexity index is 4780. The summed E-state index contributed by atoms with van der Waals surface area (Å²) < 4.78 is 192. The summed E-state index contributed by atoms with van der Waals surface area (Å²) in [7, 11) is -25.7. The molecule has 440 valence electrons. The van der Waals surface area contributed by atoms with Crippen LogP contribution in [0.15, 0.2) is 172 Å². The van der Waals surface area contributed by atoms with Crippen molar-refractivity contribution in [3.8, 4) is 23.0 Å². The fraction of sp³-hybridized carbons (Fsp3) is 0.0233. The average Bonchev–Trinajstić information content (AvgIpc) is 1.09. The molecule has 0 heterocycles. The van der Waals surface area contributed by atoms with E-state index < -0.39 is 159 Å². The van der Waals surface area contributed by atoms with Gasteiger partial charge in [0.2, 0.25) is 0 Å². The Labute approximate surface area is 477 Å². The molecule has 0 aliphatic rings. The van der Waals surface area contributed by atoms with Gasteiger partial charge < -0.3 is 25.8 Å². The van der Waals surface area contributed by atoms with Crippen LogP contribution in [0.1, 0.15) is 0 Å². The Morgan fingerprint density at radius 3 is 1.61 bits per heavy atom. The van der Waals surface area contributed by atoms with Crippen molar-refractivity contribution in [2.24, 2.45) is 40.9 Å². The Morgan fingerprint density at radius 1 is 0.440 bits per heavy atom. The lowest BCUT2D eigenvalue weighted by atomic mass is 10.0. The third kappa shape index (κ3) is 13.0. The first-order chi connectivity index (χ1) is 39.4. The average molecular weight is 1300 g/mol. The van der Waals surface area contributed by atoms with Gasteiger partial charge in [0.1, 0.15) is 70.0 Å². The highest BCUT2D eigenvalue weighted by atomic mass is 32.2. The molecule has 84 heavy (non-hydrogen) atoms. The number of phenols is 3. The van der Waals surface area contributed by atoms with Gasteiger partial charge >= 0.3 is 0 Å². The first kappa shape index (κ1) is 62.0. The largest absolute Gasteiger partial charge is 0.505 e. The number of nitrogen functional groups attached to an aromatic ring is 1. The van der Waals surface area contributed by atoms with Crippen LogP contribution in [-0.2, 0) is 69.3 Å². The maximum atomic E-state index is 13.1. The zero-order chi connectivity index (χ0) is 61.4. The second kappa shape index (κ2) is 23.9. The van der Waals surface area contributed by atoms with E-state index in [-0.39, 0.29) is 44.8 Å². The molecule has 8 aromatic carbocycles. The van der Waals surface area contributed by atoms with Gasteiger partial charge in [-0.25, -0.2) is 10.5 Å². The highest BCUT2D eigenvalue weighted by Crippen LogP contribution is 2.51. The van der Waals surface area contributed by atoms with Gasteiger partial charge in [-0.1, -0.05) is 22.2 Å². The smallest absolute Gasteiger partial charge is 0.297 e. The summed E-state index contributed by atoms with van der Waals surface area (Å²) in [6, 6.07) is 16.5. The number of ether oxygens (including phenoxy) is 1. The lowest BCUT2D eigenvalue weighted by molar-refractivity contribution is -0.432. The van der Waals surface area contributed by atoms with Crippen molar-refractivity contribution in [1.82, 2.24) is 0 Å². The summed E-state index contributed by atoms with van der Waals surface area (Å²) in [4.78, 5) is -5.98. The van der Waals surface area contributed by atoms with E-state index in [1.807, 2.05) is 0 Å². The van der Waals surface area contributed by atoms with Gasteiger partial charge in [-0.3, -0.25) is 22.8 Å². The molecule has 0 bridgehead atoms. The zero-order valence-corrected chi connectivity index (χ0v) is 46.6. The SMILES string of the molecule is COc1ccc(N=Nc2c(SOOO)cc3c(S(=O)(=O)O)c(N=Nc4cc(S(=O)(=O)O)c5cc(S(=O)(=O)O)c(N=Nc6ccc7c(O)c(N=Nc8ccccc8SOOO)c(S(=O)(=O)O)cc7c6)c(O)c5c4N)ccc3c2O)c(S(=O)(=O)O)c1. The molecular formula is C43H31N9O25S7. The summed E-state index contributed by atoms with van der Waals surface area (Å²) in [5.41, 5.74) is 0.357. The third-order valence-electron chi connectivity index (χ3n) is 11.3. The number of hydrogen-bond donors (Lipinski definition) is 11. The third-order valence-corrected chi connectivity index (χ3v) is 17.0. The van der Waals surface area contributed by atoms with Crippen molar-refractivity contribution in [3.05, 3.63) is 97.1 Å². The van der Waals surface area contributed by atoms with Crippen LogP contribution in [0, 0.1) is 0 Å². The Morgan fingerprint density at radius 2 is 0.976 bits per heavy atom. The van der Waals surface area contributed by atoms with Gasteiger partial charge in [-0.05, 0) is 84.2 Å². The number of phenolic OH excluding ortho intramolecular Hbond substituents is 3. The van der Waals surface area contributed by atoms with Crippen LogP contribution < -0.4 is 10.5 Å². The first-order valence-corrected chi connectivity index (χ1v) is 30.4. The van der Waals surface area contributed by atoms with E-state index in [2.05, 4.69) is 59.7 Å². The molecule has 0 saturated carbocycles. The van der Waals surface area contributed by atoms with E-state index in [0.29, 0.717) is 24.2 Å². The topological polar surface area (TPSA) is 544 Å². The molecule has 34 nitrogen and oxygen atoms in total. The Balaban J connectivity index is 1.25. The first-order valence-electron chi connectivity index (χ1n) is 21.7. The molecular weight excluding hydrogens is 1270 g/mol. The molecule has 0 amide bonds. The van der Waals surface area contributed by atoms with Gasteiger partial charge in [0.15, 0.2) is 17.2 Å². The summed E-state index contributed by atoms with van der Waals surface area (Å²) in [6.45, 7) is 0. The van der Waals surface area contributed by atoms with Crippen molar-refractivity contribution in [1.29, 1.82) is 0 Å². The van der Waals surface area contributed by atoms with Crippen molar-refractivity contribution in [3.63, 3.8) is 0 Å². The highest BCUT2D eigenvalue weighted by Gasteiger charge is 2.31. The summed E-state index contributed by atoms with van der Waals surface area (Å²) >= 11 is 0.504. The van der Waals surface area contributed by atoms with Gasteiger partial charge in [-0.15, -0.1) is 44.5 Å². The van der Waals surface area contributed by atoms with Crippen LogP contribution in [0.4, 0.5) is 51.2 Å². The summed E-state index contributed by atoms with van der Waals surface area (Å²) in [6.07, 6.45) is 0. The van der Waals surface area contributed by atoms with Crippen LogP contribution in [-0.4, -0.2) is 97.8 Å². The van der Waals surface area contributed by atoms with Gasteiger partial charge in [0, 0.05) is 27.6 Å². The summed E-state index contributed by atoms with van der Waals surface area (Å²) in [5, 5.41) is 86.2. The number of benzene rings is 8. The fourth-order valence-corrected chi connectivity index (χ4v) is 12.1. The van der Waals surface area contributed by atoms with E-state index in [9.17, 15) is 80.2 Å². The number of nitrogens with two attached hydrogens (primary N) is 1. The van der Waals surface area contributed by atoms with Gasteiger partial charge in [0.05, 0.1) is 57.7 Å². The van der Waals surface area contributed by atoms with Gasteiger partial charge in [0.25, 0.3) is 50.6 Å². The second-order valence-corrected chi connectivity index (χ2v) is 24.7. The van der Waals surface area contributed by atoms with Crippen molar-refractivity contribution in [2.75, 3.05) is 12.8 Å². The molecule has 0 saturated heterocycles. The predicted molar refractivity (Wildman–Crippen MR) is 288 cm³/mol. The maximum Gasteiger partial charge on any atom is 0.297 e. The number of methoxy groups -OCH3 is 1. The number of hydrogen-bond acceptors (Lipinski definition) is 31. The van der Waals surface area contributed by atoms with E-state index in [0.717, 1.165) is 54.6 Å². The Hall–Kier alpha value is -8.05. The number of aromatic hydroxyl groups is 3. The standard InChI is InChI=1S/C43H31N9O25S7/c1-73-20-7-10-26(32(14-20)81(61,62)63)47-50-37-30(79-77-75-57)15-23-22(41(37)54)9-11-27(43(23)84(70,71)72)48-49-28-17-31(80(58,59)60)24-16-34(83(67,68)69)39(42(55)35(24)36(28)44)51-45-19-6-8-21-18(12-19)13-33(82(64,65)66)38(40(21)53)52-46-25-4-2-3-5-29(25)78-76-74-56/h2-17,53-57H,44H2,1H3,(H,58,59,60)(H,61,62,63)(H,64,65,66)(H,67,68,69)(H,70,71,72). The molecule has 8 rings (SSSR count). The monoisotopic (exact) mass is 1300 g/mol. The molecule has 12 N–H and O–H groups in total. The Kier molecular flexibility index (Phi) is 17.6. The van der Waals surface area contributed by atoms with Crippen LogP contribution in [0.2, 0.25) is 0 Å². The zero-order valence-electron chi connectivity index (χ0n) is 40.8. The highest BCUT2D eigenvalue weighted by molar-refractivity contribution is 7.95. The quantitative estimate of drug-likeness (QED) is 0.00843. The number of nitrogens with zero attached hydrogens (tertiary/aromatic N) is 8. The van der Waals surface area contributed by atoms with Crippen LogP contribution in [0.25, 0.3) is 32.3 Å². The predicted octanol–water partition coefficient (Wildman–Crippen LogP) is 10.6. The molecule has 0 unspecified atom stereocenters.